The predicted octanol–water partition coefficient (Wildman–Crippen LogP) is 4.84. The molecule has 1 amide bonds. The van der Waals surface area contributed by atoms with Crippen molar-refractivity contribution in [1.82, 2.24) is 15.0 Å². The van der Waals surface area contributed by atoms with Crippen LogP contribution in [0.4, 0.5) is 4.39 Å². The Kier molecular flexibility index (Phi) is 5.57. The number of aromatic nitrogens is 3. The number of pyridine rings is 1. The van der Waals surface area contributed by atoms with Gasteiger partial charge in [0.25, 0.3) is 0 Å². The zero-order valence-electron chi connectivity index (χ0n) is 17.7. The number of hydrogen-bond acceptors (Lipinski definition) is 4. The smallest absolute Gasteiger partial charge is 0.248 e. The first-order valence-corrected chi connectivity index (χ1v) is 11.0. The molecule has 0 bridgehead atoms. The van der Waals surface area contributed by atoms with Crippen molar-refractivity contribution in [3.05, 3.63) is 71.4 Å². The van der Waals surface area contributed by atoms with Gasteiger partial charge in [-0.25, -0.2) is 9.37 Å². The third-order valence-electron chi connectivity index (χ3n) is 6.43. The number of halogens is 1. The van der Waals surface area contributed by atoms with Crippen LogP contribution in [0.2, 0.25) is 0 Å². The molecule has 0 saturated heterocycles. The lowest BCUT2D eigenvalue weighted by molar-refractivity contribution is 0.0683. The summed E-state index contributed by atoms with van der Waals surface area (Å²) in [5.74, 6) is 0.987. The highest BCUT2D eigenvalue weighted by Crippen LogP contribution is 2.38. The molecule has 0 unspecified atom stereocenters. The van der Waals surface area contributed by atoms with E-state index in [1.54, 1.807) is 30.3 Å². The van der Waals surface area contributed by atoms with Gasteiger partial charge in [-0.05, 0) is 85.5 Å². The largest absolute Gasteiger partial charge is 0.373 e. The van der Waals surface area contributed by atoms with E-state index in [-0.39, 0.29) is 5.82 Å². The van der Waals surface area contributed by atoms with Crippen LogP contribution in [0.15, 0.2) is 48.7 Å². The van der Waals surface area contributed by atoms with Crippen molar-refractivity contribution in [2.45, 2.75) is 38.2 Å². The van der Waals surface area contributed by atoms with Gasteiger partial charge >= 0.3 is 0 Å². The number of carbonyl (C=O) groups is 1. The molecule has 164 valence electrons. The summed E-state index contributed by atoms with van der Waals surface area (Å²) in [7, 11) is 0. The number of imidazole rings is 1. The molecule has 1 aliphatic rings. The van der Waals surface area contributed by atoms with Gasteiger partial charge in [0.15, 0.2) is 0 Å². The molecule has 1 fully saturated rings. The number of hydrogen-bond donors (Lipinski definition) is 2. The summed E-state index contributed by atoms with van der Waals surface area (Å²) >= 11 is 0. The number of amides is 1. The number of nitrogens with two attached hydrogens (primary N) is 1. The van der Waals surface area contributed by atoms with Gasteiger partial charge in [0.05, 0.1) is 16.6 Å². The SMILES string of the molecule is NC(=O)c1ccc2nc(COCC3CCC(c4ccnc5ccc(F)cc45)CC3)[nH]c2c1. The van der Waals surface area contributed by atoms with Gasteiger partial charge in [-0.2, -0.15) is 0 Å². The minimum absolute atomic E-state index is 0.217. The van der Waals surface area contributed by atoms with Crippen molar-refractivity contribution in [1.29, 1.82) is 0 Å². The molecule has 0 radical (unpaired) electrons. The van der Waals surface area contributed by atoms with Gasteiger partial charge in [0.1, 0.15) is 18.2 Å². The highest BCUT2D eigenvalue weighted by atomic mass is 19.1. The molecule has 0 aliphatic heterocycles. The van der Waals surface area contributed by atoms with Crippen molar-refractivity contribution < 1.29 is 13.9 Å². The first-order chi connectivity index (χ1) is 15.6. The normalized spacial score (nSPS) is 18.9. The third-order valence-corrected chi connectivity index (χ3v) is 6.43. The van der Waals surface area contributed by atoms with Crippen LogP contribution in [0.25, 0.3) is 21.9 Å². The standard InChI is InChI=1S/C25H25FN4O2/c26-18-6-8-21-20(12-18)19(9-10-28-21)16-3-1-15(2-4-16)13-32-14-24-29-22-7-5-17(25(27)31)11-23(22)30-24/h5-12,15-16H,1-4,13-14H2,(H2,27,31)(H,29,30). The van der Waals surface area contributed by atoms with Gasteiger partial charge in [0, 0.05) is 23.8 Å². The molecule has 4 aromatic rings. The Labute approximate surface area is 185 Å². The molecule has 7 heteroatoms. The Hall–Kier alpha value is -3.32. The van der Waals surface area contributed by atoms with Crippen LogP contribution in [-0.4, -0.2) is 27.5 Å². The van der Waals surface area contributed by atoms with E-state index in [0.717, 1.165) is 53.4 Å². The number of benzene rings is 2. The number of H-pyrrole nitrogens is 1. The quantitative estimate of drug-likeness (QED) is 0.456. The second-order valence-electron chi connectivity index (χ2n) is 8.57. The zero-order chi connectivity index (χ0) is 22.1. The van der Waals surface area contributed by atoms with Gasteiger partial charge in [-0.15, -0.1) is 0 Å². The monoisotopic (exact) mass is 432 g/mol. The number of rotatable bonds is 6. The molecule has 0 spiro atoms. The van der Waals surface area contributed by atoms with Crippen LogP contribution in [-0.2, 0) is 11.3 Å². The number of fused-ring (bicyclic) bond motifs is 2. The second kappa shape index (κ2) is 8.67. The Morgan fingerprint density at radius 3 is 2.72 bits per heavy atom. The van der Waals surface area contributed by atoms with Crippen molar-refractivity contribution in [2.24, 2.45) is 11.7 Å². The van der Waals surface area contributed by atoms with E-state index in [9.17, 15) is 9.18 Å². The molecule has 5 rings (SSSR count). The summed E-state index contributed by atoms with van der Waals surface area (Å²) in [4.78, 5) is 23.4. The maximum atomic E-state index is 13.8. The van der Waals surface area contributed by atoms with Crippen LogP contribution in [0.5, 0.6) is 0 Å². The number of nitrogens with zero attached hydrogens (tertiary/aromatic N) is 2. The summed E-state index contributed by atoms with van der Waals surface area (Å²) in [6.07, 6.45) is 6.09. The maximum Gasteiger partial charge on any atom is 0.248 e. The van der Waals surface area contributed by atoms with Gasteiger partial charge in [-0.1, -0.05) is 0 Å². The van der Waals surface area contributed by atoms with Gasteiger partial charge in [0.2, 0.25) is 5.91 Å². The fourth-order valence-corrected chi connectivity index (χ4v) is 4.74. The lowest BCUT2D eigenvalue weighted by atomic mass is 9.78. The molecule has 3 N–H and O–H groups in total. The van der Waals surface area contributed by atoms with Crippen LogP contribution < -0.4 is 5.73 Å². The Bertz CT molecular complexity index is 1280. The number of nitrogens with one attached hydrogen (secondary N) is 1. The molecule has 2 aromatic heterocycles. The van der Waals surface area contributed by atoms with Crippen molar-refractivity contribution in [3.63, 3.8) is 0 Å². The fraction of sp³-hybridized carbons (Fsp3) is 0.320. The number of primary amides is 1. The summed E-state index contributed by atoms with van der Waals surface area (Å²) < 4.78 is 19.7. The lowest BCUT2D eigenvalue weighted by Crippen LogP contribution is -2.18. The van der Waals surface area contributed by atoms with Gasteiger partial charge in [-0.3, -0.25) is 9.78 Å². The van der Waals surface area contributed by atoms with Crippen LogP contribution >= 0.6 is 0 Å². The predicted molar refractivity (Wildman–Crippen MR) is 121 cm³/mol. The summed E-state index contributed by atoms with van der Waals surface area (Å²) in [6.45, 7) is 1.08. The Morgan fingerprint density at radius 1 is 1.09 bits per heavy atom. The number of aromatic amines is 1. The van der Waals surface area contributed by atoms with E-state index >= 15 is 0 Å². The maximum absolute atomic E-state index is 13.8. The highest BCUT2D eigenvalue weighted by molar-refractivity contribution is 5.96. The average Bonchev–Trinajstić information content (AvgIpc) is 3.21. The van der Waals surface area contributed by atoms with Crippen molar-refractivity contribution in [3.8, 4) is 0 Å². The highest BCUT2D eigenvalue weighted by Gasteiger charge is 2.24. The zero-order valence-corrected chi connectivity index (χ0v) is 17.7. The van der Waals surface area contributed by atoms with E-state index in [1.807, 2.05) is 12.3 Å². The van der Waals surface area contributed by atoms with E-state index in [1.165, 1.54) is 11.6 Å². The molecular formula is C25H25FN4O2. The average molecular weight is 432 g/mol. The summed E-state index contributed by atoms with van der Waals surface area (Å²) in [5.41, 5.74) is 9.41. The van der Waals surface area contributed by atoms with E-state index in [0.29, 0.717) is 30.6 Å². The second-order valence-corrected chi connectivity index (χ2v) is 8.57. The molecule has 6 nitrogen and oxygen atoms in total. The molecule has 2 heterocycles. The van der Waals surface area contributed by atoms with Crippen molar-refractivity contribution >= 4 is 27.8 Å². The first-order valence-electron chi connectivity index (χ1n) is 11.0. The summed E-state index contributed by atoms with van der Waals surface area (Å²) in [6, 6.07) is 12.0. The topological polar surface area (TPSA) is 93.9 Å². The molecule has 1 aliphatic carbocycles. The molecule has 1 saturated carbocycles. The van der Waals surface area contributed by atoms with Crippen molar-refractivity contribution in [2.75, 3.05) is 6.61 Å². The number of carbonyl (C=O) groups excluding carboxylic acids is 1. The van der Waals surface area contributed by atoms with E-state index < -0.39 is 5.91 Å². The van der Waals surface area contributed by atoms with Crippen LogP contribution in [0, 0.1) is 11.7 Å². The molecule has 32 heavy (non-hydrogen) atoms. The minimum Gasteiger partial charge on any atom is -0.373 e. The lowest BCUT2D eigenvalue weighted by Gasteiger charge is -2.29. The van der Waals surface area contributed by atoms with E-state index in [2.05, 4.69) is 15.0 Å². The molecule has 0 atom stereocenters. The van der Waals surface area contributed by atoms with Crippen LogP contribution in [0.3, 0.4) is 0 Å². The first kappa shape index (κ1) is 20.6. The molecule has 2 aromatic carbocycles. The Balaban J connectivity index is 1.16. The molecular weight excluding hydrogens is 407 g/mol. The minimum atomic E-state index is -0.459. The number of ether oxygens (including phenoxy) is 1. The van der Waals surface area contributed by atoms with E-state index in [4.69, 9.17) is 10.5 Å². The van der Waals surface area contributed by atoms with Crippen LogP contribution in [0.1, 0.15) is 53.3 Å². The van der Waals surface area contributed by atoms with Gasteiger partial charge < -0.3 is 15.5 Å². The summed E-state index contributed by atoms with van der Waals surface area (Å²) in [5, 5.41) is 0.927. The fourth-order valence-electron chi connectivity index (χ4n) is 4.74. The third kappa shape index (κ3) is 4.21. The Morgan fingerprint density at radius 2 is 1.91 bits per heavy atom.